The molecule has 0 spiro atoms. The van der Waals surface area contributed by atoms with Crippen molar-refractivity contribution in [2.24, 2.45) is 5.92 Å². The number of imide groups is 1. The Morgan fingerprint density at radius 3 is 2.17 bits per heavy atom. The molecule has 0 radical (unpaired) electrons. The summed E-state index contributed by atoms with van der Waals surface area (Å²) in [4.78, 5) is 25.4. The number of rotatable bonds is 6. The fourth-order valence-electron chi connectivity index (χ4n) is 3.21. The number of para-hydroxylation sites is 1. The number of carbonyl (C=O) groups is 2. The molecule has 2 rings (SSSR count). The van der Waals surface area contributed by atoms with Gasteiger partial charge in [-0.2, -0.15) is 5.26 Å². The van der Waals surface area contributed by atoms with Crippen molar-refractivity contribution in [1.82, 2.24) is 5.32 Å². The molecule has 0 saturated carbocycles. The Hall–Kier alpha value is -3.14. The maximum atomic E-state index is 11.9. The summed E-state index contributed by atoms with van der Waals surface area (Å²) in [5.41, 5.74) is 0.172. The predicted molar refractivity (Wildman–Crippen MR) is 109 cm³/mol. The van der Waals surface area contributed by atoms with Crippen LogP contribution in [-0.2, 0) is 9.59 Å². The second kappa shape index (κ2) is 11.6. The zero-order valence-corrected chi connectivity index (χ0v) is 17.5. The van der Waals surface area contributed by atoms with E-state index in [4.69, 9.17) is 9.47 Å². The van der Waals surface area contributed by atoms with Gasteiger partial charge in [0.2, 0.25) is 5.91 Å². The van der Waals surface area contributed by atoms with Crippen LogP contribution >= 0.6 is 0 Å². The molecule has 8 heteroatoms. The molecule has 0 aromatic heterocycles. The average molecular weight is 400 g/mol. The van der Waals surface area contributed by atoms with Gasteiger partial charge in [0.1, 0.15) is 5.92 Å². The zero-order chi connectivity index (χ0) is 22.0. The van der Waals surface area contributed by atoms with Crippen LogP contribution in [0, 0.1) is 17.2 Å². The quantitative estimate of drug-likeness (QED) is 0.414. The first-order chi connectivity index (χ1) is 13.9. The highest BCUT2D eigenvalue weighted by atomic mass is 16.5. The van der Waals surface area contributed by atoms with E-state index in [0.717, 1.165) is 0 Å². The van der Waals surface area contributed by atoms with Gasteiger partial charge in [0.25, 0.3) is 5.91 Å². The molecule has 2 unspecified atom stereocenters. The largest absolute Gasteiger partial charge is 0.763 e. The molecule has 0 aliphatic carbocycles. The van der Waals surface area contributed by atoms with E-state index in [1.807, 2.05) is 11.4 Å². The van der Waals surface area contributed by atoms with Crippen LogP contribution in [0.4, 0.5) is 0 Å². The zero-order valence-electron chi connectivity index (χ0n) is 17.5. The van der Waals surface area contributed by atoms with E-state index in [2.05, 4.69) is 20.8 Å². The van der Waals surface area contributed by atoms with Gasteiger partial charge < -0.3 is 19.8 Å². The van der Waals surface area contributed by atoms with Crippen molar-refractivity contribution < 1.29 is 24.0 Å². The SMILES string of the molecule is CC[NH+](CC)CC.COc1cccc(C2C(=C=[N-])C(=O)NC(=O)C2C#N)c1OC. The summed E-state index contributed by atoms with van der Waals surface area (Å²) in [6, 6.07) is 6.72. The van der Waals surface area contributed by atoms with Crippen LogP contribution in [-0.4, -0.2) is 51.5 Å². The van der Waals surface area contributed by atoms with Crippen molar-refractivity contribution in [3.63, 3.8) is 0 Å². The summed E-state index contributed by atoms with van der Waals surface area (Å²) in [6.45, 7) is 10.5. The molecule has 1 heterocycles. The van der Waals surface area contributed by atoms with Gasteiger partial charge in [-0.1, -0.05) is 12.1 Å². The maximum absolute atomic E-state index is 11.9. The van der Waals surface area contributed by atoms with Crippen molar-refractivity contribution in [3.8, 4) is 17.6 Å². The number of ether oxygens (including phenoxy) is 2. The van der Waals surface area contributed by atoms with Crippen molar-refractivity contribution in [2.45, 2.75) is 26.7 Å². The number of hydrogen-bond donors (Lipinski definition) is 2. The normalized spacial score (nSPS) is 18.2. The fraction of sp³-hybridized carbons (Fsp3) is 0.476. The number of nitriles is 1. The molecule has 29 heavy (non-hydrogen) atoms. The highest BCUT2D eigenvalue weighted by Gasteiger charge is 2.42. The molecule has 1 aliphatic heterocycles. The third-order valence-corrected chi connectivity index (χ3v) is 4.94. The highest BCUT2D eigenvalue weighted by molar-refractivity contribution is 6.15. The summed E-state index contributed by atoms with van der Waals surface area (Å²) >= 11 is 0. The lowest BCUT2D eigenvalue weighted by Crippen LogP contribution is -3.11. The molecule has 1 aromatic rings. The first-order valence-corrected chi connectivity index (χ1v) is 9.49. The van der Waals surface area contributed by atoms with Crippen molar-refractivity contribution in [1.29, 1.82) is 5.26 Å². The Balaban J connectivity index is 0.000000516. The number of quaternary nitrogens is 1. The number of hydrogen-bond acceptors (Lipinski definition) is 5. The minimum atomic E-state index is -1.20. The van der Waals surface area contributed by atoms with E-state index in [-0.39, 0.29) is 11.3 Å². The molecule has 0 bridgehead atoms. The minimum Gasteiger partial charge on any atom is -0.763 e. The summed E-state index contributed by atoms with van der Waals surface area (Å²) < 4.78 is 10.5. The molecule has 1 aliphatic rings. The molecule has 1 aromatic carbocycles. The Bertz CT molecular complexity index is 815. The maximum Gasteiger partial charge on any atom is 0.260 e. The highest BCUT2D eigenvalue weighted by Crippen LogP contribution is 2.42. The monoisotopic (exact) mass is 400 g/mol. The summed E-state index contributed by atoms with van der Waals surface area (Å²) in [6.07, 6.45) is 0. The standard InChI is InChI=1S/C15H12N3O4.C6H15N/c1-21-11-5-3-4-8(13(11)22-2)12-9(6-16)14(19)18-15(20)10(12)7-17;1-4-7(5-2)6-3/h3-5,9,12H,1-2H3,(H,18,19,20);4-6H2,1-3H3/q-1;/p+1. The van der Waals surface area contributed by atoms with E-state index >= 15 is 0 Å². The average Bonchev–Trinajstić information content (AvgIpc) is 2.74. The number of amides is 2. The first kappa shape index (κ1) is 23.9. The lowest BCUT2D eigenvalue weighted by Gasteiger charge is -2.29. The van der Waals surface area contributed by atoms with Gasteiger partial charge in [-0.25, -0.2) is 0 Å². The lowest BCUT2D eigenvalue weighted by molar-refractivity contribution is -0.894. The number of benzene rings is 1. The third kappa shape index (κ3) is 5.44. The van der Waals surface area contributed by atoms with E-state index < -0.39 is 23.7 Å². The Morgan fingerprint density at radius 1 is 1.14 bits per heavy atom. The minimum absolute atomic E-state index is 0.210. The number of nitrogens with one attached hydrogen (secondary N) is 2. The molecule has 8 nitrogen and oxygen atoms in total. The third-order valence-electron chi connectivity index (χ3n) is 4.94. The summed E-state index contributed by atoms with van der Waals surface area (Å²) in [7, 11) is 2.84. The molecule has 2 atom stereocenters. The van der Waals surface area contributed by atoms with E-state index in [0.29, 0.717) is 11.3 Å². The fourth-order valence-corrected chi connectivity index (χ4v) is 3.21. The van der Waals surface area contributed by atoms with Gasteiger partial charge in [-0.3, -0.25) is 20.8 Å². The number of methoxy groups -OCH3 is 2. The van der Waals surface area contributed by atoms with Crippen LogP contribution in [0.15, 0.2) is 23.8 Å². The molecule has 2 amide bonds. The lowest BCUT2D eigenvalue weighted by atomic mass is 9.77. The van der Waals surface area contributed by atoms with E-state index in [1.54, 1.807) is 29.0 Å². The van der Waals surface area contributed by atoms with Crippen LogP contribution < -0.4 is 19.7 Å². The molecule has 1 saturated heterocycles. The van der Waals surface area contributed by atoms with Crippen molar-refractivity contribution in [2.75, 3.05) is 33.9 Å². The molecule has 156 valence electrons. The summed E-state index contributed by atoms with van der Waals surface area (Å²) in [5.74, 6) is -1.29. The van der Waals surface area contributed by atoms with Gasteiger partial charge in [-0.05, 0) is 26.8 Å². The topological polar surface area (TPSA) is 115 Å². The molecule has 2 N–H and O–H groups in total. The first-order valence-electron chi connectivity index (χ1n) is 9.49. The van der Waals surface area contributed by atoms with Crippen LogP contribution in [0.5, 0.6) is 11.5 Å². The Morgan fingerprint density at radius 2 is 1.76 bits per heavy atom. The second-order valence-corrected chi connectivity index (χ2v) is 6.32. The van der Waals surface area contributed by atoms with Crippen LogP contribution in [0.2, 0.25) is 0 Å². The van der Waals surface area contributed by atoms with Gasteiger partial charge in [0.15, 0.2) is 11.5 Å². The van der Waals surface area contributed by atoms with Crippen molar-refractivity contribution in [3.05, 3.63) is 34.7 Å². The van der Waals surface area contributed by atoms with E-state index in [1.165, 1.54) is 33.9 Å². The molecular formula is C21H28N4O4. The Kier molecular flexibility index (Phi) is 9.60. The second-order valence-electron chi connectivity index (χ2n) is 6.32. The molecular weight excluding hydrogens is 372 g/mol. The van der Waals surface area contributed by atoms with Crippen LogP contribution in [0.25, 0.3) is 5.41 Å². The van der Waals surface area contributed by atoms with Gasteiger partial charge in [-0.15, -0.1) is 0 Å². The number of nitrogens with zero attached hydrogens (tertiary/aromatic N) is 2. The molecule has 1 fully saturated rings. The summed E-state index contributed by atoms with van der Waals surface area (Å²) in [5, 5.41) is 20.5. The van der Waals surface area contributed by atoms with Gasteiger partial charge >= 0.3 is 0 Å². The number of piperidine rings is 1. The van der Waals surface area contributed by atoms with Crippen LogP contribution in [0.3, 0.4) is 0 Å². The van der Waals surface area contributed by atoms with Gasteiger partial charge in [0.05, 0.1) is 39.9 Å². The predicted octanol–water partition coefficient (Wildman–Crippen LogP) is 0.680. The van der Waals surface area contributed by atoms with Crippen molar-refractivity contribution >= 4 is 17.7 Å². The van der Waals surface area contributed by atoms with Gasteiger partial charge in [0, 0.05) is 17.1 Å². The number of carbonyl (C=O) groups excluding carboxylic acids is 2. The Labute approximate surface area is 171 Å². The van der Waals surface area contributed by atoms with Crippen LogP contribution in [0.1, 0.15) is 32.3 Å². The smallest absolute Gasteiger partial charge is 0.260 e. The van der Waals surface area contributed by atoms with E-state index in [9.17, 15) is 20.3 Å².